The van der Waals surface area contributed by atoms with E-state index in [1.165, 1.54) is 10.9 Å². The molecule has 0 aliphatic heterocycles. The SMILES string of the molecule is CC(C)CN(CC(C)C)C(=O)Cn1cc(C(=O)O)nn1. The molecule has 0 saturated carbocycles. The summed E-state index contributed by atoms with van der Waals surface area (Å²) in [5, 5.41) is 15.9. The molecule has 7 nitrogen and oxygen atoms in total. The minimum absolute atomic E-state index is 0.0136. The molecule has 0 atom stereocenters. The number of carboxylic acids is 1. The van der Waals surface area contributed by atoms with Gasteiger partial charge in [-0.3, -0.25) is 4.79 Å². The van der Waals surface area contributed by atoms with Crippen LogP contribution in [0, 0.1) is 11.8 Å². The van der Waals surface area contributed by atoms with Crippen molar-refractivity contribution in [2.45, 2.75) is 34.2 Å². The molecular weight excluding hydrogens is 260 g/mol. The van der Waals surface area contributed by atoms with Gasteiger partial charge in [-0.2, -0.15) is 0 Å². The van der Waals surface area contributed by atoms with E-state index in [2.05, 4.69) is 38.0 Å². The molecule has 112 valence electrons. The maximum atomic E-state index is 12.3. The largest absolute Gasteiger partial charge is 0.476 e. The van der Waals surface area contributed by atoms with Gasteiger partial charge in [0, 0.05) is 13.1 Å². The second kappa shape index (κ2) is 7.02. The van der Waals surface area contributed by atoms with Gasteiger partial charge in [0.05, 0.1) is 6.20 Å². The number of carboxylic acid groups (broad SMARTS) is 1. The topological polar surface area (TPSA) is 88.3 Å². The third-order valence-electron chi connectivity index (χ3n) is 2.58. The molecule has 1 aromatic heterocycles. The van der Waals surface area contributed by atoms with E-state index >= 15 is 0 Å². The van der Waals surface area contributed by atoms with Crippen LogP contribution in [0.3, 0.4) is 0 Å². The smallest absolute Gasteiger partial charge is 0.358 e. The quantitative estimate of drug-likeness (QED) is 0.809. The average Bonchev–Trinajstić information content (AvgIpc) is 2.75. The molecule has 1 amide bonds. The molecule has 0 fully saturated rings. The van der Waals surface area contributed by atoms with Crippen LogP contribution < -0.4 is 0 Å². The van der Waals surface area contributed by atoms with Gasteiger partial charge in [-0.05, 0) is 11.8 Å². The zero-order chi connectivity index (χ0) is 15.3. The van der Waals surface area contributed by atoms with Crippen molar-refractivity contribution in [1.29, 1.82) is 0 Å². The normalized spacial score (nSPS) is 11.1. The highest BCUT2D eigenvalue weighted by molar-refractivity contribution is 5.84. The lowest BCUT2D eigenvalue weighted by Gasteiger charge is -2.26. The van der Waals surface area contributed by atoms with Crippen molar-refractivity contribution in [3.8, 4) is 0 Å². The number of aromatic nitrogens is 3. The number of rotatable bonds is 7. The number of nitrogens with zero attached hydrogens (tertiary/aromatic N) is 4. The first-order valence-corrected chi connectivity index (χ1v) is 6.70. The Balaban J connectivity index is 2.70. The number of hydrogen-bond donors (Lipinski definition) is 1. The molecule has 1 rings (SSSR count). The van der Waals surface area contributed by atoms with Gasteiger partial charge in [-0.15, -0.1) is 5.10 Å². The van der Waals surface area contributed by atoms with Gasteiger partial charge < -0.3 is 10.0 Å². The molecule has 1 N–H and O–H groups in total. The van der Waals surface area contributed by atoms with Crippen LogP contribution in [0.1, 0.15) is 38.2 Å². The van der Waals surface area contributed by atoms with Crippen molar-refractivity contribution >= 4 is 11.9 Å². The number of aromatic carboxylic acids is 1. The van der Waals surface area contributed by atoms with Gasteiger partial charge in [-0.1, -0.05) is 32.9 Å². The molecule has 1 aromatic rings. The van der Waals surface area contributed by atoms with E-state index in [0.717, 1.165) is 0 Å². The maximum Gasteiger partial charge on any atom is 0.358 e. The molecule has 0 bridgehead atoms. The molecule has 0 saturated heterocycles. The Bertz CT molecular complexity index is 458. The van der Waals surface area contributed by atoms with Gasteiger partial charge >= 0.3 is 5.97 Å². The van der Waals surface area contributed by atoms with E-state index in [4.69, 9.17) is 5.11 Å². The van der Waals surface area contributed by atoms with Gasteiger partial charge in [0.2, 0.25) is 5.91 Å². The molecule has 0 aliphatic rings. The zero-order valence-corrected chi connectivity index (χ0v) is 12.4. The highest BCUT2D eigenvalue weighted by atomic mass is 16.4. The van der Waals surface area contributed by atoms with E-state index in [9.17, 15) is 9.59 Å². The molecule has 0 radical (unpaired) electrons. The lowest BCUT2D eigenvalue weighted by molar-refractivity contribution is -0.133. The summed E-state index contributed by atoms with van der Waals surface area (Å²) in [5.74, 6) is -0.467. The molecule has 1 heterocycles. The van der Waals surface area contributed by atoms with Crippen molar-refractivity contribution in [3.63, 3.8) is 0 Å². The van der Waals surface area contributed by atoms with Gasteiger partial charge in [0.15, 0.2) is 5.69 Å². The fourth-order valence-electron chi connectivity index (χ4n) is 1.87. The summed E-state index contributed by atoms with van der Waals surface area (Å²) in [5.41, 5.74) is -0.155. The molecule has 0 aromatic carbocycles. The minimum atomic E-state index is -1.15. The van der Waals surface area contributed by atoms with Crippen LogP contribution >= 0.6 is 0 Å². The van der Waals surface area contributed by atoms with Crippen LogP contribution in [-0.4, -0.2) is 50.0 Å². The van der Waals surface area contributed by atoms with Crippen LogP contribution in [0.15, 0.2) is 6.20 Å². The lowest BCUT2D eigenvalue weighted by atomic mass is 10.1. The van der Waals surface area contributed by atoms with E-state index in [0.29, 0.717) is 24.9 Å². The average molecular weight is 282 g/mol. The second-order valence-corrected chi connectivity index (χ2v) is 5.69. The standard InChI is InChI=1S/C13H22N4O3/c1-9(2)5-16(6-10(3)4)12(18)8-17-7-11(13(19)20)14-15-17/h7,9-10H,5-6,8H2,1-4H3,(H,19,20). The number of carbonyl (C=O) groups is 2. The van der Waals surface area contributed by atoms with Crippen LogP contribution in [0.5, 0.6) is 0 Å². The predicted molar refractivity (Wildman–Crippen MR) is 73.2 cm³/mol. The highest BCUT2D eigenvalue weighted by Gasteiger charge is 2.18. The Kier molecular flexibility index (Phi) is 5.66. The van der Waals surface area contributed by atoms with Crippen molar-refractivity contribution in [2.75, 3.05) is 13.1 Å². The monoisotopic (exact) mass is 282 g/mol. The zero-order valence-electron chi connectivity index (χ0n) is 12.4. The Morgan fingerprint density at radius 1 is 1.25 bits per heavy atom. The van der Waals surface area contributed by atoms with E-state index in [1.807, 2.05) is 0 Å². The molecule has 20 heavy (non-hydrogen) atoms. The minimum Gasteiger partial charge on any atom is -0.476 e. The Labute approximate surface area is 118 Å². The summed E-state index contributed by atoms with van der Waals surface area (Å²) in [6.45, 7) is 9.59. The number of carbonyl (C=O) groups excluding carboxylic acids is 1. The molecule has 0 aliphatic carbocycles. The fourth-order valence-corrected chi connectivity index (χ4v) is 1.87. The highest BCUT2D eigenvalue weighted by Crippen LogP contribution is 2.05. The first-order chi connectivity index (χ1) is 9.29. The summed E-state index contributed by atoms with van der Waals surface area (Å²) < 4.78 is 1.26. The summed E-state index contributed by atoms with van der Waals surface area (Å²) in [7, 11) is 0. The summed E-state index contributed by atoms with van der Waals surface area (Å²) in [6.07, 6.45) is 1.27. The molecular formula is C13H22N4O3. The number of amides is 1. The van der Waals surface area contributed by atoms with E-state index < -0.39 is 5.97 Å². The van der Waals surface area contributed by atoms with Gasteiger partial charge in [-0.25, -0.2) is 9.48 Å². The Hall–Kier alpha value is -1.92. The molecule has 7 heteroatoms. The maximum absolute atomic E-state index is 12.3. The second-order valence-electron chi connectivity index (χ2n) is 5.69. The summed E-state index contributed by atoms with van der Waals surface area (Å²) in [6, 6.07) is 0. The van der Waals surface area contributed by atoms with Gasteiger partial charge in [0.25, 0.3) is 0 Å². The third kappa shape index (κ3) is 4.99. The first kappa shape index (κ1) is 16.1. The Morgan fingerprint density at radius 3 is 2.20 bits per heavy atom. The lowest BCUT2D eigenvalue weighted by Crippen LogP contribution is -2.39. The van der Waals surface area contributed by atoms with Crippen molar-refractivity contribution < 1.29 is 14.7 Å². The third-order valence-corrected chi connectivity index (χ3v) is 2.58. The van der Waals surface area contributed by atoms with E-state index in [-0.39, 0.29) is 18.1 Å². The Morgan fingerprint density at radius 2 is 1.80 bits per heavy atom. The number of hydrogen-bond acceptors (Lipinski definition) is 4. The first-order valence-electron chi connectivity index (χ1n) is 6.70. The molecule has 0 spiro atoms. The van der Waals surface area contributed by atoms with Crippen LogP contribution in [0.25, 0.3) is 0 Å². The van der Waals surface area contributed by atoms with Crippen molar-refractivity contribution in [2.24, 2.45) is 11.8 Å². The van der Waals surface area contributed by atoms with Crippen molar-refractivity contribution in [1.82, 2.24) is 19.9 Å². The van der Waals surface area contributed by atoms with Gasteiger partial charge in [0.1, 0.15) is 6.54 Å². The summed E-state index contributed by atoms with van der Waals surface area (Å²) >= 11 is 0. The summed E-state index contributed by atoms with van der Waals surface area (Å²) in [4.78, 5) is 24.8. The molecule has 0 unspecified atom stereocenters. The van der Waals surface area contributed by atoms with Crippen LogP contribution in [-0.2, 0) is 11.3 Å². The van der Waals surface area contributed by atoms with Crippen LogP contribution in [0.2, 0.25) is 0 Å². The van der Waals surface area contributed by atoms with Crippen LogP contribution in [0.4, 0.5) is 0 Å². The van der Waals surface area contributed by atoms with E-state index in [1.54, 1.807) is 4.90 Å². The fraction of sp³-hybridized carbons (Fsp3) is 0.692. The van der Waals surface area contributed by atoms with Crippen molar-refractivity contribution in [3.05, 3.63) is 11.9 Å². The predicted octanol–water partition coefficient (Wildman–Crippen LogP) is 1.12.